The third-order valence-corrected chi connectivity index (χ3v) is 5.46. The van der Waals surface area contributed by atoms with Crippen molar-refractivity contribution in [2.24, 2.45) is 0 Å². The number of fused-ring (bicyclic) bond motifs is 3. The van der Waals surface area contributed by atoms with Gasteiger partial charge in [0.1, 0.15) is 11.9 Å². The largest absolute Gasteiger partial charge is 0.493 e. The minimum Gasteiger partial charge on any atom is -0.493 e. The number of halogens is 1. The van der Waals surface area contributed by atoms with E-state index in [1.54, 1.807) is 14.2 Å². The number of benzene rings is 2. The normalized spacial score (nSPS) is 25.0. The average Bonchev–Trinajstić information content (AvgIpc) is 2.67. The van der Waals surface area contributed by atoms with E-state index in [1.807, 2.05) is 18.2 Å². The Morgan fingerprint density at radius 2 is 1.56 bits per heavy atom. The summed E-state index contributed by atoms with van der Waals surface area (Å²) in [5.41, 5.74) is 3.36. The lowest BCUT2D eigenvalue weighted by molar-refractivity contribution is -0.0391. The molecule has 0 radical (unpaired) electrons. The molecule has 1 fully saturated rings. The molecule has 0 saturated heterocycles. The summed E-state index contributed by atoms with van der Waals surface area (Å²) in [7, 11) is 3.31. The van der Waals surface area contributed by atoms with E-state index in [0.29, 0.717) is 11.7 Å². The van der Waals surface area contributed by atoms with Crippen LogP contribution in [0.1, 0.15) is 54.4 Å². The van der Waals surface area contributed by atoms with E-state index in [-0.39, 0.29) is 18.0 Å². The first kappa shape index (κ1) is 16.4. The zero-order valence-corrected chi connectivity index (χ0v) is 14.6. The molecule has 0 N–H and O–H groups in total. The fraction of sp³-hybridized carbons (Fsp3) is 0.429. The molecule has 2 aromatic carbocycles. The quantitative estimate of drug-likeness (QED) is 0.786. The number of methoxy groups -OCH3 is 2. The van der Waals surface area contributed by atoms with E-state index >= 15 is 0 Å². The highest BCUT2D eigenvalue weighted by molar-refractivity contribution is 5.52. The second-order valence-electron chi connectivity index (χ2n) is 6.83. The molecule has 1 aliphatic carbocycles. The Kier molecular flexibility index (Phi) is 4.38. The smallest absolute Gasteiger partial charge is 0.161 e. The van der Waals surface area contributed by atoms with Crippen molar-refractivity contribution in [1.29, 1.82) is 0 Å². The van der Waals surface area contributed by atoms with Crippen molar-refractivity contribution >= 4 is 0 Å². The second kappa shape index (κ2) is 6.68. The Morgan fingerprint density at radius 3 is 2.24 bits per heavy atom. The van der Waals surface area contributed by atoms with Crippen LogP contribution in [0.4, 0.5) is 4.39 Å². The zero-order valence-electron chi connectivity index (χ0n) is 14.6. The van der Waals surface area contributed by atoms with Gasteiger partial charge < -0.3 is 14.2 Å². The predicted octanol–water partition coefficient (Wildman–Crippen LogP) is 4.99. The molecule has 3 nitrogen and oxygen atoms in total. The highest BCUT2D eigenvalue weighted by atomic mass is 19.1. The SMILES string of the molecule is COc1cc2c(cc1OC)[C@@H]1CCCC[C@@H]1O[C@@H]2c1ccc(F)cc1. The first-order valence-corrected chi connectivity index (χ1v) is 8.88. The molecule has 1 saturated carbocycles. The van der Waals surface area contributed by atoms with Gasteiger partial charge in [-0.05, 0) is 53.8 Å². The van der Waals surface area contributed by atoms with Gasteiger partial charge in [-0.2, -0.15) is 0 Å². The number of hydrogen-bond acceptors (Lipinski definition) is 3. The minimum absolute atomic E-state index is 0.199. The first-order valence-electron chi connectivity index (χ1n) is 8.88. The van der Waals surface area contributed by atoms with Gasteiger partial charge in [0, 0.05) is 5.92 Å². The number of ether oxygens (including phenoxy) is 3. The van der Waals surface area contributed by atoms with Crippen LogP contribution in [-0.4, -0.2) is 20.3 Å². The van der Waals surface area contributed by atoms with Crippen molar-refractivity contribution in [3.05, 3.63) is 58.9 Å². The van der Waals surface area contributed by atoms with Crippen LogP contribution in [0, 0.1) is 5.82 Å². The summed E-state index contributed by atoms with van der Waals surface area (Å²) in [5, 5.41) is 0. The van der Waals surface area contributed by atoms with Gasteiger partial charge in [0.2, 0.25) is 0 Å². The van der Waals surface area contributed by atoms with Crippen molar-refractivity contribution in [2.75, 3.05) is 14.2 Å². The molecule has 4 heteroatoms. The third kappa shape index (κ3) is 2.89. The van der Waals surface area contributed by atoms with Crippen LogP contribution in [0.15, 0.2) is 36.4 Å². The van der Waals surface area contributed by atoms with E-state index in [4.69, 9.17) is 14.2 Å². The summed E-state index contributed by atoms with van der Waals surface area (Å²) < 4.78 is 30.9. The van der Waals surface area contributed by atoms with Crippen LogP contribution in [0.2, 0.25) is 0 Å². The van der Waals surface area contributed by atoms with Crippen LogP contribution in [0.25, 0.3) is 0 Å². The van der Waals surface area contributed by atoms with Gasteiger partial charge in [0.25, 0.3) is 0 Å². The predicted molar refractivity (Wildman–Crippen MR) is 93.9 cm³/mol. The molecule has 0 spiro atoms. The number of hydrogen-bond donors (Lipinski definition) is 0. The van der Waals surface area contributed by atoms with Gasteiger partial charge in [-0.1, -0.05) is 25.0 Å². The highest BCUT2D eigenvalue weighted by Gasteiger charge is 2.38. The Balaban J connectivity index is 1.85. The van der Waals surface area contributed by atoms with Crippen LogP contribution in [-0.2, 0) is 4.74 Å². The Morgan fingerprint density at radius 1 is 0.920 bits per heavy atom. The van der Waals surface area contributed by atoms with E-state index in [1.165, 1.54) is 30.5 Å². The van der Waals surface area contributed by atoms with Crippen LogP contribution < -0.4 is 9.47 Å². The highest BCUT2D eigenvalue weighted by Crippen LogP contribution is 2.49. The monoisotopic (exact) mass is 342 g/mol. The van der Waals surface area contributed by atoms with Gasteiger partial charge in [0.15, 0.2) is 11.5 Å². The second-order valence-corrected chi connectivity index (χ2v) is 6.83. The maximum atomic E-state index is 13.4. The summed E-state index contributed by atoms with van der Waals surface area (Å²) >= 11 is 0. The van der Waals surface area contributed by atoms with Crippen molar-refractivity contribution in [3.8, 4) is 11.5 Å². The zero-order chi connectivity index (χ0) is 17.4. The van der Waals surface area contributed by atoms with Gasteiger partial charge in [-0.15, -0.1) is 0 Å². The van der Waals surface area contributed by atoms with Crippen molar-refractivity contribution < 1.29 is 18.6 Å². The van der Waals surface area contributed by atoms with Crippen LogP contribution in [0.5, 0.6) is 11.5 Å². The summed E-state index contributed by atoms with van der Waals surface area (Å²) in [4.78, 5) is 0. The van der Waals surface area contributed by atoms with Gasteiger partial charge in [-0.25, -0.2) is 4.39 Å². The Hall–Kier alpha value is -2.07. The molecule has 0 amide bonds. The van der Waals surface area contributed by atoms with E-state index in [2.05, 4.69) is 6.07 Å². The minimum atomic E-state index is -0.234. The molecule has 0 unspecified atom stereocenters. The average molecular weight is 342 g/mol. The maximum Gasteiger partial charge on any atom is 0.161 e. The molecular weight excluding hydrogens is 319 g/mol. The number of rotatable bonds is 3. The standard InChI is InChI=1S/C21H23FO3/c1-23-19-11-16-15-5-3-4-6-18(15)25-21(17(16)12-20(19)24-2)13-7-9-14(22)10-8-13/h7-12,15,18,21H,3-6H2,1-2H3/t15-,18-,21+/m0/s1. The Labute approximate surface area is 147 Å². The molecule has 1 aliphatic heterocycles. The van der Waals surface area contributed by atoms with Crippen molar-refractivity contribution in [3.63, 3.8) is 0 Å². The summed E-state index contributed by atoms with van der Waals surface area (Å²) in [5.74, 6) is 1.61. The molecule has 0 aromatic heterocycles. The van der Waals surface area contributed by atoms with E-state index < -0.39 is 0 Å². The van der Waals surface area contributed by atoms with Gasteiger partial charge in [-0.3, -0.25) is 0 Å². The lowest BCUT2D eigenvalue weighted by atomic mass is 9.76. The molecule has 1 heterocycles. The molecule has 2 aromatic rings. The molecule has 0 bridgehead atoms. The molecule has 132 valence electrons. The van der Waals surface area contributed by atoms with Gasteiger partial charge in [0.05, 0.1) is 20.3 Å². The fourth-order valence-electron chi connectivity index (χ4n) is 4.22. The Bertz CT molecular complexity index is 756. The fourth-order valence-corrected chi connectivity index (χ4v) is 4.22. The van der Waals surface area contributed by atoms with Crippen LogP contribution in [0.3, 0.4) is 0 Å². The molecular formula is C21H23FO3. The van der Waals surface area contributed by atoms with E-state index in [9.17, 15) is 4.39 Å². The lowest BCUT2D eigenvalue weighted by Gasteiger charge is -2.41. The van der Waals surface area contributed by atoms with Crippen molar-refractivity contribution in [1.82, 2.24) is 0 Å². The lowest BCUT2D eigenvalue weighted by Crippen LogP contribution is -2.33. The first-order chi connectivity index (χ1) is 12.2. The van der Waals surface area contributed by atoms with E-state index in [0.717, 1.165) is 29.7 Å². The van der Waals surface area contributed by atoms with Crippen molar-refractivity contribution in [2.45, 2.75) is 43.8 Å². The van der Waals surface area contributed by atoms with Crippen LogP contribution >= 0.6 is 0 Å². The molecule has 4 rings (SSSR count). The summed E-state index contributed by atoms with van der Waals surface area (Å²) in [6.45, 7) is 0. The molecule has 25 heavy (non-hydrogen) atoms. The summed E-state index contributed by atoms with van der Waals surface area (Å²) in [6, 6.07) is 10.7. The topological polar surface area (TPSA) is 27.7 Å². The molecule has 2 aliphatic rings. The van der Waals surface area contributed by atoms with Gasteiger partial charge >= 0.3 is 0 Å². The maximum absolute atomic E-state index is 13.4. The third-order valence-electron chi connectivity index (χ3n) is 5.46. The summed E-state index contributed by atoms with van der Waals surface area (Å²) in [6.07, 6.45) is 4.61. The molecule has 3 atom stereocenters.